The number of morpholine rings is 1. The average molecular weight is 248 g/mol. The van der Waals surface area contributed by atoms with Crippen LogP contribution in [-0.4, -0.2) is 32.8 Å². The van der Waals surface area contributed by atoms with Crippen molar-refractivity contribution in [3.8, 4) is 0 Å². The Labute approximate surface area is 110 Å². The van der Waals surface area contributed by atoms with Crippen molar-refractivity contribution in [2.45, 2.75) is 32.9 Å². The Balaban J connectivity index is 2.32. The third-order valence-electron chi connectivity index (χ3n) is 3.71. The molecule has 1 aromatic carbocycles. The van der Waals surface area contributed by atoms with Crippen LogP contribution >= 0.6 is 0 Å². The van der Waals surface area contributed by atoms with E-state index >= 15 is 0 Å². The summed E-state index contributed by atoms with van der Waals surface area (Å²) < 4.78 is 5.59. The van der Waals surface area contributed by atoms with Gasteiger partial charge in [0.2, 0.25) is 0 Å². The van der Waals surface area contributed by atoms with E-state index < -0.39 is 0 Å². The van der Waals surface area contributed by atoms with Gasteiger partial charge in [0, 0.05) is 6.54 Å². The lowest BCUT2D eigenvalue weighted by Crippen LogP contribution is -2.48. The van der Waals surface area contributed by atoms with E-state index in [1.165, 1.54) is 22.3 Å². The second kappa shape index (κ2) is 5.83. The van der Waals surface area contributed by atoms with Crippen molar-refractivity contribution in [1.29, 1.82) is 0 Å². The Hall–Kier alpha value is -0.900. The molecule has 0 bridgehead atoms. The van der Waals surface area contributed by atoms with Gasteiger partial charge < -0.3 is 15.4 Å². The number of nitrogens with one attached hydrogen (secondary N) is 2. The largest absolute Gasteiger partial charge is 0.378 e. The number of rotatable bonds is 3. The molecule has 1 aromatic rings. The minimum atomic E-state index is 0.311. The van der Waals surface area contributed by atoms with Crippen LogP contribution in [0.1, 0.15) is 28.3 Å². The third-order valence-corrected chi connectivity index (χ3v) is 3.71. The number of aryl methyl sites for hydroxylation is 3. The van der Waals surface area contributed by atoms with Crippen molar-refractivity contribution in [2.75, 3.05) is 26.8 Å². The predicted molar refractivity (Wildman–Crippen MR) is 75.1 cm³/mol. The maximum absolute atomic E-state index is 5.59. The first kappa shape index (κ1) is 13.5. The Bertz CT molecular complexity index is 388. The molecule has 2 unspecified atom stereocenters. The molecule has 0 aliphatic carbocycles. The molecule has 1 saturated heterocycles. The molecule has 18 heavy (non-hydrogen) atoms. The van der Waals surface area contributed by atoms with E-state index in [9.17, 15) is 0 Å². The van der Waals surface area contributed by atoms with Gasteiger partial charge in [-0.25, -0.2) is 0 Å². The van der Waals surface area contributed by atoms with Crippen LogP contribution in [0.4, 0.5) is 0 Å². The smallest absolute Gasteiger partial charge is 0.0638 e. The molecular weight excluding hydrogens is 224 g/mol. The summed E-state index contributed by atoms with van der Waals surface area (Å²) in [6.07, 6.45) is 0. The second-order valence-electron chi connectivity index (χ2n) is 5.21. The normalized spacial score (nSPS) is 21.9. The second-order valence-corrected chi connectivity index (χ2v) is 5.21. The highest BCUT2D eigenvalue weighted by molar-refractivity contribution is 5.40. The van der Waals surface area contributed by atoms with Crippen molar-refractivity contribution in [3.05, 3.63) is 34.4 Å². The summed E-state index contributed by atoms with van der Waals surface area (Å²) in [5, 5.41) is 7.00. The molecule has 0 spiro atoms. The zero-order valence-electron chi connectivity index (χ0n) is 11.8. The first-order valence-corrected chi connectivity index (χ1v) is 6.69. The molecule has 0 amide bonds. The van der Waals surface area contributed by atoms with Crippen LogP contribution in [0.3, 0.4) is 0 Å². The highest BCUT2D eigenvalue weighted by Crippen LogP contribution is 2.26. The molecule has 0 radical (unpaired) electrons. The van der Waals surface area contributed by atoms with Crippen molar-refractivity contribution in [3.63, 3.8) is 0 Å². The molecule has 3 heteroatoms. The number of hydrogen-bond acceptors (Lipinski definition) is 3. The van der Waals surface area contributed by atoms with E-state index in [0.717, 1.165) is 19.8 Å². The van der Waals surface area contributed by atoms with Crippen LogP contribution in [0.2, 0.25) is 0 Å². The van der Waals surface area contributed by atoms with E-state index in [1.54, 1.807) is 0 Å². The van der Waals surface area contributed by atoms with Crippen LogP contribution in [0.15, 0.2) is 12.1 Å². The molecule has 2 atom stereocenters. The van der Waals surface area contributed by atoms with Crippen molar-refractivity contribution in [1.82, 2.24) is 10.6 Å². The fourth-order valence-electron chi connectivity index (χ4n) is 3.03. The average Bonchev–Trinajstić information content (AvgIpc) is 2.34. The van der Waals surface area contributed by atoms with Crippen LogP contribution in [-0.2, 0) is 4.74 Å². The highest BCUT2D eigenvalue weighted by Gasteiger charge is 2.26. The molecule has 0 saturated carbocycles. The minimum absolute atomic E-state index is 0.311. The molecule has 2 N–H and O–H groups in total. The van der Waals surface area contributed by atoms with Gasteiger partial charge in [-0.15, -0.1) is 0 Å². The van der Waals surface area contributed by atoms with E-state index in [-0.39, 0.29) is 0 Å². The molecule has 1 aliphatic heterocycles. The Kier molecular flexibility index (Phi) is 4.38. The Morgan fingerprint density at radius 2 is 1.94 bits per heavy atom. The van der Waals surface area contributed by atoms with Gasteiger partial charge in [0.15, 0.2) is 0 Å². The number of ether oxygens (including phenoxy) is 1. The Morgan fingerprint density at radius 1 is 1.28 bits per heavy atom. The highest BCUT2D eigenvalue weighted by atomic mass is 16.5. The summed E-state index contributed by atoms with van der Waals surface area (Å²) >= 11 is 0. The topological polar surface area (TPSA) is 33.3 Å². The molecule has 0 aromatic heterocycles. The lowest BCUT2D eigenvalue weighted by molar-refractivity contribution is 0.0644. The number of hydrogen-bond donors (Lipinski definition) is 2. The third kappa shape index (κ3) is 2.74. The summed E-state index contributed by atoms with van der Waals surface area (Å²) in [6, 6.07) is 5.18. The van der Waals surface area contributed by atoms with E-state index in [1.807, 2.05) is 7.05 Å². The summed E-state index contributed by atoms with van der Waals surface area (Å²) in [5.41, 5.74) is 5.46. The molecular formula is C15H24N2O. The van der Waals surface area contributed by atoms with Gasteiger partial charge >= 0.3 is 0 Å². The van der Waals surface area contributed by atoms with Gasteiger partial charge in [0.1, 0.15) is 0 Å². The molecule has 2 rings (SSSR count). The van der Waals surface area contributed by atoms with Crippen LogP contribution in [0.5, 0.6) is 0 Å². The van der Waals surface area contributed by atoms with Crippen LogP contribution in [0, 0.1) is 20.8 Å². The molecule has 1 heterocycles. The lowest BCUT2D eigenvalue weighted by Gasteiger charge is -2.33. The van der Waals surface area contributed by atoms with Gasteiger partial charge in [-0.2, -0.15) is 0 Å². The summed E-state index contributed by atoms with van der Waals surface area (Å²) in [5.74, 6) is 0. The summed E-state index contributed by atoms with van der Waals surface area (Å²) in [4.78, 5) is 0. The molecule has 1 fully saturated rings. The standard InChI is InChI=1S/C15H24N2O/c1-10-7-11(2)14(12(3)8-10)15(16-4)13-9-18-6-5-17-13/h7-8,13,15-17H,5-6,9H2,1-4H3. The quantitative estimate of drug-likeness (QED) is 0.856. The fourth-order valence-corrected chi connectivity index (χ4v) is 3.03. The first-order valence-electron chi connectivity index (χ1n) is 6.69. The molecule has 3 nitrogen and oxygen atoms in total. The van der Waals surface area contributed by atoms with Gasteiger partial charge in [-0.05, 0) is 44.5 Å². The SMILES string of the molecule is CNC(c1c(C)cc(C)cc1C)C1COCCN1. The monoisotopic (exact) mass is 248 g/mol. The van der Waals surface area contributed by atoms with Gasteiger partial charge in [0.05, 0.1) is 25.3 Å². The van der Waals surface area contributed by atoms with Gasteiger partial charge in [0.25, 0.3) is 0 Å². The number of likely N-dealkylation sites (N-methyl/N-ethyl adjacent to an activating group) is 1. The minimum Gasteiger partial charge on any atom is -0.378 e. The Morgan fingerprint density at radius 3 is 2.44 bits per heavy atom. The first-order chi connectivity index (χ1) is 8.63. The maximum atomic E-state index is 5.59. The molecule has 1 aliphatic rings. The summed E-state index contributed by atoms with van der Waals surface area (Å²) in [6.45, 7) is 9.08. The van der Waals surface area contributed by atoms with Crippen LogP contribution in [0.25, 0.3) is 0 Å². The van der Waals surface area contributed by atoms with Crippen LogP contribution < -0.4 is 10.6 Å². The molecule has 100 valence electrons. The van der Waals surface area contributed by atoms with Gasteiger partial charge in [-0.3, -0.25) is 0 Å². The zero-order chi connectivity index (χ0) is 13.1. The number of benzene rings is 1. The van der Waals surface area contributed by atoms with Crippen molar-refractivity contribution in [2.24, 2.45) is 0 Å². The fraction of sp³-hybridized carbons (Fsp3) is 0.600. The van der Waals surface area contributed by atoms with E-state index in [2.05, 4.69) is 43.5 Å². The summed E-state index contributed by atoms with van der Waals surface area (Å²) in [7, 11) is 2.03. The lowest BCUT2D eigenvalue weighted by atomic mass is 9.90. The zero-order valence-corrected chi connectivity index (χ0v) is 11.8. The maximum Gasteiger partial charge on any atom is 0.0638 e. The predicted octanol–water partition coefficient (Wildman–Crippen LogP) is 1.86. The van der Waals surface area contributed by atoms with E-state index in [4.69, 9.17) is 4.74 Å². The van der Waals surface area contributed by atoms with Crippen molar-refractivity contribution < 1.29 is 4.74 Å². The van der Waals surface area contributed by atoms with Crippen molar-refractivity contribution >= 4 is 0 Å². The van der Waals surface area contributed by atoms with E-state index in [0.29, 0.717) is 12.1 Å². The van der Waals surface area contributed by atoms with Gasteiger partial charge in [-0.1, -0.05) is 17.7 Å².